The van der Waals surface area contributed by atoms with E-state index < -0.39 is 6.09 Å². The van der Waals surface area contributed by atoms with E-state index in [0.29, 0.717) is 19.6 Å². The third-order valence-corrected chi connectivity index (χ3v) is 4.46. The van der Waals surface area contributed by atoms with Crippen molar-refractivity contribution in [1.82, 2.24) is 4.90 Å². The Labute approximate surface area is 127 Å². The number of imide groups is 1. The fourth-order valence-corrected chi connectivity index (χ4v) is 2.91. The van der Waals surface area contributed by atoms with Crippen LogP contribution in [0.5, 0.6) is 0 Å². The maximum atomic E-state index is 11.9. The van der Waals surface area contributed by atoms with Gasteiger partial charge in [0.05, 0.1) is 6.54 Å². The molecule has 0 radical (unpaired) electrons. The van der Waals surface area contributed by atoms with Gasteiger partial charge in [0.25, 0.3) is 0 Å². The normalized spacial score (nSPS) is 16.1. The summed E-state index contributed by atoms with van der Waals surface area (Å²) in [6.45, 7) is 2.66. The molecule has 1 fully saturated rings. The van der Waals surface area contributed by atoms with E-state index in [0.717, 1.165) is 10.8 Å². The monoisotopic (exact) mass is 313 g/mol. The summed E-state index contributed by atoms with van der Waals surface area (Å²) in [4.78, 5) is 24.4. The summed E-state index contributed by atoms with van der Waals surface area (Å²) in [5.41, 5.74) is 1.17. The van der Waals surface area contributed by atoms with Crippen LogP contribution >= 0.6 is 23.4 Å². The van der Waals surface area contributed by atoms with Crippen LogP contribution in [0.4, 0.5) is 4.79 Å². The molecule has 108 valence electrons. The van der Waals surface area contributed by atoms with E-state index in [1.165, 1.54) is 10.5 Å². The van der Waals surface area contributed by atoms with Crippen LogP contribution in [0.15, 0.2) is 24.3 Å². The van der Waals surface area contributed by atoms with Gasteiger partial charge < -0.3 is 4.74 Å². The summed E-state index contributed by atoms with van der Waals surface area (Å²) in [6.07, 6.45) is -0.183. The van der Waals surface area contributed by atoms with Gasteiger partial charge in [0.15, 0.2) is 0 Å². The van der Waals surface area contributed by atoms with E-state index in [-0.39, 0.29) is 11.2 Å². The number of amides is 2. The number of rotatable bonds is 5. The molecule has 1 atom stereocenters. The molecule has 1 saturated heterocycles. The van der Waals surface area contributed by atoms with Gasteiger partial charge >= 0.3 is 6.09 Å². The van der Waals surface area contributed by atoms with Gasteiger partial charge in [0.2, 0.25) is 5.91 Å². The molecule has 0 aromatic heterocycles. The fraction of sp³-hybridized carbons (Fsp3) is 0.429. The third kappa shape index (κ3) is 4.15. The van der Waals surface area contributed by atoms with Crippen molar-refractivity contribution in [2.45, 2.75) is 24.3 Å². The zero-order chi connectivity index (χ0) is 14.5. The summed E-state index contributed by atoms with van der Waals surface area (Å²) in [5.74, 6) is 0.652. The second-order valence-electron chi connectivity index (χ2n) is 4.61. The zero-order valence-electron chi connectivity index (χ0n) is 11.2. The molecular weight excluding hydrogens is 298 g/mol. The molecule has 4 nitrogen and oxygen atoms in total. The number of cyclic esters (lactones) is 1. The Morgan fingerprint density at radius 1 is 1.45 bits per heavy atom. The lowest BCUT2D eigenvalue weighted by atomic mass is 10.2. The molecule has 1 aliphatic heterocycles. The molecule has 0 bridgehead atoms. The lowest BCUT2D eigenvalue weighted by molar-refractivity contribution is -0.127. The van der Waals surface area contributed by atoms with Crippen LogP contribution in [0, 0.1) is 0 Å². The summed E-state index contributed by atoms with van der Waals surface area (Å²) >= 11 is 7.51. The number of benzene rings is 1. The number of hydrogen-bond acceptors (Lipinski definition) is 4. The average molecular weight is 314 g/mol. The molecular formula is C14H16ClNO3S. The molecule has 0 saturated carbocycles. The largest absolute Gasteiger partial charge is 0.447 e. The van der Waals surface area contributed by atoms with E-state index in [4.69, 9.17) is 16.3 Å². The van der Waals surface area contributed by atoms with Gasteiger partial charge in [-0.1, -0.05) is 30.7 Å². The minimum atomic E-state index is -0.523. The molecule has 0 N–H and O–H groups in total. The smallest absolute Gasteiger partial charge is 0.416 e. The zero-order valence-corrected chi connectivity index (χ0v) is 12.7. The van der Waals surface area contributed by atoms with Crippen molar-refractivity contribution in [2.75, 3.05) is 13.2 Å². The number of nitrogens with zero attached hydrogens (tertiary/aromatic N) is 1. The molecule has 2 amide bonds. The van der Waals surface area contributed by atoms with Crippen molar-refractivity contribution in [3.8, 4) is 0 Å². The molecule has 1 aromatic carbocycles. The highest BCUT2D eigenvalue weighted by molar-refractivity contribution is 7.99. The first-order chi connectivity index (χ1) is 9.56. The highest BCUT2D eigenvalue weighted by Gasteiger charge is 2.28. The van der Waals surface area contributed by atoms with E-state index in [9.17, 15) is 9.59 Å². The Bertz CT molecular complexity index is 492. The molecule has 6 heteroatoms. The SMILES string of the molecule is C[C@@H](CC(=O)N1CCOC1=O)SCc1ccc(Cl)cc1. The Kier molecular flexibility index (Phi) is 5.31. The lowest BCUT2D eigenvalue weighted by Crippen LogP contribution is -2.33. The number of hydrogen-bond donors (Lipinski definition) is 0. The summed E-state index contributed by atoms with van der Waals surface area (Å²) in [6, 6.07) is 7.66. The van der Waals surface area contributed by atoms with Crippen LogP contribution in [0.2, 0.25) is 5.02 Å². The van der Waals surface area contributed by atoms with Gasteiger partial charge in [-0.15, -0.1) is 0 Å². The van der Waals surface area contributed by atoms with Crippen molar-refractivity contribution in [3.63, 3.8) is 0 Å². The number of ether oxygens (including phenoxy) is 1. The van der Waals surface area contributed by atoms with Gasteiger partial charge in [-0.05, 0) is 17.7 Å². The van der Waals surface area contributed by atoms with Crippen LogP contribution in [0.3, 0.4) is 0 Å². The number of carbonyl (C=O) groups excluding carboxylic acids is 2. The first kappa shape index (κ1) is 15.2. The Hall–Kier alpha value is -1.20. The minimum absolute atomic E-state index is 0.145. The van der Waals surface area contributed by atoms with Crippen LogP contribution in [0.1, 0.15) is 18.9 Å². The molecule has 0 unspecified atom stereocenters. The molecule has 1 aromatic rings. The van der Waals surface area contributed by atoms with Crippen molar-refractivity contribution >= 4 is 35.4 Å². The van der Waals surface area contributed by atoms with E-state index >= 15 is 0 Å². The van der Waals surface area contributed by atoms with Gasteiger partial charge in [-0.25, -0.2) is 9.69 Å². The third-order valence-electron chi connectivity index (χ3n) is 2.97. The van der Waals surface area contributed by atoms with Crippen LogP contribution in [-0.4, -0.2) is 35.3 Å². The second kappa shape index (κ2) is 6.99. The van der Waals surface area contributed by atoms with Crippen molar-refractivity contribution < 1.29 is 14.3 Å². The number of halogens is 1. The quantitative estimate of drug-likeness (QED) is 0.836. The van der Waals surface area contributed by atoms with Crippen molar-refractivity contribution in [2.24, 2.45) is 0 Å². The first-order valence-corrected chi connectivity index (χ1v) is 7.82. The number of thioether (sulfide) groups is 1. The number of carbonyl (C=O) groups is 2. The standard InChI is InChI=1S/C14H16ClNO3S/c1-10(8-13(17)16-6-7-19-14(16)18)20-9-11-2-4-12(15)5-3-11/h2-5,10H,6-9H2,1H3/t10-/m0/s1. The summed E-state index contributed by atoms with van der Waals surface area (Å²) < 4.78 is 4.76. The highest BCUT2D eigenvalue weighted by atomic mass is 35.5. The molecule has 0 spiro atoms. The second-order valence-corrected chi connectivity index (χ2v) is 6.48. The Balaban J connectivity index is 1.77. The first-order valence-electron chi connectivity index (χ1n) is 6.39. The fourth-order valence-electron chi connectivity index (χ4n) is 1.85. The minimum Gasteiger partial charge on any atom is -0.447 e. The van der Waals surface area contributed by atoms with Crippen LogP contribution in [0.25, 0.3) is 0 Å². The van der Waals surface area contributed by atoms with Crippen LogP contribution < -0.4 is 0 Å². The topological polar surface area (TPSA) is 46.6 Å². The van der Waals surface area contributed by atoms with Crippen LogP contribution in [-0.2, 0) is 15.3 Å². The van der Waals surface area contributed by atoms with Gasteiger partial charge in [0.1, 0.15) is 6.61 Å². The van der Waals surface area contributed by atoms with Gasteiger partial charge in [-0.3, -0.25) is 4.79 Å². The molecule has 2 rings (SSSR count). The maximum absolute atomic E-state index is 11.9. The Morgan fingerprint density at radius 3 is 2.75 bits per heavy atom. The van der Waals surface area contributed by atoms with E-state index in [2.05, 4.69) is 0 Å². The molecule has 1 heterocycles. The van der Waals surface area contributed by atoms with Gasteiger partial charge in [-0.2, -0.15) is 11.8 Å². The van der Waals surface area contributed by atoms with E-state index in [1.807, 2.05) is 31.2 Å². The lowest BCUT2D eigenvalue weighted by Gasteiger charge is -2.14. The Morgan fingerprint density at radius 2 is 2.15 bits per heavy atom. The maximum Gasteiger partial charge on any atom is 0.416 e. The van der Waals surface area contributed by atoms with Crippen molar-refractivity contribution in [1.29, 1.82) is 0 Å². The van der Waals surface area contributed by atoms with E-state index in [1.54, 1.807) is 11.8 Å². The molecule has 0 aliphatic carbocycles. The van der Waals surface area contributed by atoms with Crippen molar-refractivity contribution in [3.05, 3.63) is 34.9 Å². The summed E-state index contributed by atoms with van der Waals surface area (Å²) in [5, 5.41) is 0.862. The highest BCUT2D eigenvalue weighted by Crippen LogP contribution is 2.22. The molecule has 20 heavy (non-hydrogen) atoms. The average Bonchev–Trinajstić information content (AvgIpc) is 2.84. The van der Waals surface area contributed by atoms with Gasteiger partial charge in [0, 0.05) is 22.4 Å². The predicted octanol–water partition coefficient (Wildman–Crippen LogP) is 3.33. The summed E-state index contributed by atoms with van der Waals surface area (Å²) in [7, 11) is 0. The predicted molar refractivity (Wildman–Crippen MR) is 79.9 cm³/mol. The molecule has 1 aliphatic rings.